The van der Waals surface area contributed by atoms with Gasteiger partial charge in [0.15, 0.2) is 11.5 Å². The van der Waals surface area contributed by atoms with Gasteiger partial charge in [0.25, 0.3) is 0 Å². The van der Waals surface area contributed by atoms with E-state index in [1.165, 1.54) is 4.31 Å². The summed E-state index contributed by atoms with van der Waals surface area (Å²) in [7, 11) is 1.07. The van der Waals surface area contributed by atoms with Crippen LogP contribution in [0.1, 0.15) is 23.1 Å². The number of methoxy groups -OCH3 is 3. The Kier molecular flexibility index (Phi) is 7.86. The molecule has 1 aliphatic rings. The van der Waals surface area contributed by atoms with E-state index in [0.29, 0.717) is 48.1 Å². The van der Waals surface area contributed by atoms with E-state index in [-0.39, 0.29) is 19.0 Å². The minimum absolute atomic E-state index is 0.00711. The van der Waals surface area contributed by atoms with Crippen LogP contribution in [0.3, 0.4) is 0 Å². The monoisotopic (exact) mass is 476 g/mol. The van der Waals surface area contributed by atoms with Crippen molar-refractivity contribution in [2.75, 3.05) is 47.5 Å². The fourth-order valence-electron chi connectivity index (χ4n) is 4.09. The molecule has 0 bridgehead atoms. The number of hydrogen-bond acceptors (Lipinski definition) is 6. The second-order valence-corrected chi connectivity index (χ2v) is 9.99. The van der Waals surface area contributed by atoms with Crippen LogP contribution in [0.4, 0.5) is 0 Å². The number of piperazine rings is 1. The van der Waals surface area contributed by atoms with Gasteiger partial charge in [-0.05, 0) is 49.6 Å². The van der Waals surface area contributed by atoms with Crippen molar-refractivity contribution < 1.29 is 27.4 Å². The molecule has 3 rings (SSSR count). The maximum absolute atomic E-state index is 13.1. The molecular weight excluding hydrogens is 444 g/mol. The van der Waals surface area contributed by atoms with Crippen molar-refractivity contribution in [2.24, 2.45) is 0 Å². The molecule has 0 aliphatic carbocycles. The van der Waals surface area contributed by atoms with Crippen molar-refractivity contribution >= 4 is 15.9 Å². The average Bonchev–Trinajstić information content (AvgIpc) is 2.81. The van der Waals surface area contributed by atoms with E-state index in [4.69, 9.17) is 14.2 Å². The predicted octanol–water partition coefficient (Wildman–Crippen LogP) is 2.79. The molecule has 1 saturated heterocycles. The summed E-state index contributed by atoms with van der Waals surface area (Å²) in [6, 6.07) is 9.01. The first-order chi connectivity index (χ1) is 15.7. The zero-order valence-corrected chi connectivity index (χ0v) is 20.7. The van der Waals surface area contributed by atoms with Crippen molar-refractivity contribution in [3.63, 3.8) is 0 Å². The first-order valence-electron chi connectivity index (χ1n) is 10.8. The summed E-state index contributed by atoms with van der Waals surface area (Å²) in [5.41, 5.74) is 2.65. The molecule has 0 unspecified atom stereocenters. The molecule has 1 fully saturated rings. The third-order valence-electron chi connectivity index (χ3n) is 5.89. The summed E-state index contributed by atoms with van der Waals surface area (Å²) in [4.78, 5) is 14.8. The Morgan fingerprint density at radius 1 is 0.909 bits per heavy atom. The molecule has 0 spiro atoms. The zero-order chi connectivity index (χ0) is 24.2. The highest BCUT2D eigenvalue weighted by atomic mass is 32.2. The van der Waals surface area contributed by atoms with Crippen LogP contribution in [0.15, 0.2) is 35.2 Å². The molecule has 180 valence electrons. The Hall–Kier alpha value is -2.78. The number of nitrogens with zero attached hydrogens (tertiary/aromatic N) is 2. The van der Waals surface area contributed by atoms with Crippen molar-refractivity contribution in [3.05, 3.63) is 47.0 Å². The Morgan fingerprint density at radius 2 is 1.52 bits per heavy atom. The average molecular weight is 477 g/mol. The molecule has 1 amide bonds. The summed E-state index contributed by atoms with van der Waals surface area (Å²) in [5, 5.41) is 0. The van der Waals surface area contributed by atoms with Gasteiger partial charge in [0, 0.05) is 32.6 Å². The van der Waals surface area contributed by atoms with Gasteiger partial charge in [-0.2, -0.15) is 4.31 Å². The van der Waals surface area contributed by atoms with Crippen LogP contribution >= 0.6 is 0 Å². The highest BCUT2D eigenvalue weighted by molar-refractivity contribution is 7.89. The summed E-state index contributed by atoms with van der Waals surface area (Å²) >= 11 is 0. The van der Waals surface area contributed by atoms with E-state index >= 15 is 0 Å². The highest BCUT2D eigenvalue weighted by Gasteiger charge is 2.31. The molecule has 2 aromatic carbocycles. The van der Waals surface area contributed by atoms with Gasteiger partial charge in [-0.1, -0.05) is 17.7 Å². The number of carbonyl (C=O) groups excluding carboxylic acids is 1. The molecule has 1 heterocycles. The number of hydrogen-bond donors (Lipinski definition) is 0. The van der Waals surface area contributed by atoms with Crippen LogP contribution in [-0.2, 0) is 21.2 Å². The molecule has 0 saturated carbocycles. The second kappa shape index (κ2) is 10.4. The number of carbonyl (C=O) groups is 1. The molecule has 9 heteroatoms. The van der Waals surface area contributed by atoms with Gasteiger partial charge in [-0.15, -0.1) is 0 Å². The minimum Gasteiger partial charge on any atom is -0.493 e. The smallest absolute Gasteiger partial charge is 0.243 e. The Morgan fingerprint density at radius 3 is 2.03 bits per heavy atom. The molecule has 2 aromatic rings. The summed E-state index contributed by atoms with van der Waals surface area (Å²) < 4.78 is 43.7. The van der Waals surface area contributed by atoms with Crippen molar-refractivity contribution in [1.29, 1.82) is 0 Å². The van der Waals surface area contributed by atoms with Crippen molar-refractivity contribution in [2.45, 2.75) is 31.6 Å². The lowest BCUT2D eigenvalue weighted by Crippen LogP contribution is -2.50. The second-order valence-electron chi connectivity index (χ2n) is 8.09. The number of amides is 1. The van der Waals surface area contributed by atoms with Crippen molar-refractivity contribution in [3.8, 4) is 17.2 Å². The van der Waals surface area contributed by atoms with E-state index < -0.39 is 10.0 Å². The maximum atomic E-state index is 13.1. The first-order valence-corrected chi connectivity index (χ1v) is 12.3. The summed E-state index contributed by atoms with van der Waals surface area (Å²) in [6.07, 6.45) is 0.819. The number of ether oxygens (including phenoxy) is 3. The van der Waals surface area contributed by atoms with Gasteiger partial charge in [-0.3, -0.25) is 4.79 Å². The molecule has 0 radical (unpaired) electrons. The van der Waals surface area contributed by atoms with Crippen LogP contribution < -0.4 is 14.2 Å². The van der Waals surface area contributed by atoms with Gasteiger partial charge < -0.3 is 19.1 Å². The normalized spacial score (nSPS) is 14.8. The standard InChI is InChI=1S/C24H32N2O6S/c1-17-6-8-22(18(2)14-17)33(28,29)26-12-10-25(11-13-26)23(27)9-7-19-15-20(30-3)24(32-5)21(16-19)31-4/h6,8,14-16H,7,9-13H2,1-5H3. The van der Waals surface area contributed by atoms with E-state index in [9.17, 15) is 13.2 Å². The van der Waals surface area contributed by atoms with Gasteiger partial charge in [0.2, 0.25) is 21.7 Å². The maximum Gasteiger partial charge on any atom is 0.243 e. The third-order valence-corrected chi connectivity index (χ3v) is 7.95. The largest absolute Gasteiger partial charge is 0.493 e. The molecule has 0 atom stereocenters. The summed E-state index contributed by atoms with van der Waals surface area (Å²) in [6.45, 7) is 5.06. The lowest BCUT2D eigenvalue weighted by molar-refractivity contribution is -0.132. The topological polar surface area (TPSA) is 85.4 Å². The number of rotatable bonds is 8. The molecule has 33 heavy (non-hydrogen) atoms. The van der Waals surface area contributed by atoms with E-state index in [1.807, 2.05) is 38.1 Å². The van der Waals surface area contributed by atoms with Gasteiger partial charge in [-0.25, -0.2) is 8.42 Å². The third kappa shape index (κ3) is 5.42. The van der Waals surface area contributed by atoms with Crippen LogP contribution in [0.25, 0.3) is 0 Å². The fourth-order valence-corrected chi connectivity index (χ4v) is 5.72. The highest BCUT2D eigenvalue weighted by Crippen LogP contribution is 2.38. The fraction of sp³-hybridized carbons (Fsp3) is 0.458. The van der Waals surface area contributed by atoms with Gasteiger partial charge in [0.05, 0.1) is 26.2 Å². The van der Waals surface area contributed by atoms with Gasteiger partial charge >= 0.3 is 0 Å². The zero-order valence-electron chi connectivity index (χ0n) is 19.9. The molecular formula is C24H32N2O6S. The molecule has 1 aliphatic heterocycles. The van der Waals surface area contributed by atoms with Crippen LogP contribution in [0.5, 0.6) is 17.2 Å². The van der Waals surface area contributed by atoms with Crippen LogP contribution in [0.2, 0.25) is 0 Å². The lowest BCUT2D eigenvalue weighted by Gasteiger charge is -2.34. The predicted molar refractivity (Wildman–Crippen MR) is 126 cm³/mol. The van der Waals surface area contributed by atoms with E-state index in [2.05, 4.69) is 0 Å². The SMILES string of the molecule is COc1cc(CCC(=O)N2CCN(S(=O)(=O)c3ccc(C)cc3C)CC2)cc(OC)c1OC. The molecule has 0 N–H and O–H groups in total. The number of sulfonamides is 1. The molecule has 8 nitrogen and oxygen atoms in total. The Balaban J connectivity index is 1.61. The number of aryl methyl sites for hydroxylation is 3. The quantitative estimate of drug-likeness (QED) is 0.583. The number of benzene rings is 2. The Labute approximate surface area is 196 Å². The Bertz CT molecular complexity index is 1080. The lowest BCUT2D eigenvalue weighted by atomic mass is 10.1. The minimum atomic E-state index is -3.58. The van der Waals surface area contributed by atoms with Crippen molar-refractivity contribution in [1.82, 2.24) is 9.21 Å². The van der Waals surface area contributed by atoms with E-state index in [0.717, 1.165) is 16.7 Å². The first kappa shape index (κ1) is 24.9. The van der Waals surface area contributed by atoms with Crippen LogP contribution in [-0.4, -0.2) is 71.0 Å². The molecule has 0 aromatic heterocycles. The van der Waals surface area contributed by atoms with E-state index in [1.54, 1.807) is 32.3 Å². The van der Waals surface area contributed by atoms with Gasteiger partial charge in [0.1, 0.15) is 0 Å². The van der Waals surface area contributed by atoms with Crippen LogP contribution in [0, 0.1) is 13.8 Å². The summed E-state index contributed by atoms with van der Waals surface area (Å²) in [5.74, 6) is 1.59.